The molecule has 26 nitrogen and oxygen atoms in total. The molecule has 9 fully saturated rings. The first kappa shape index (κ1) is 64.8. The Labute approximate surface area is 488 Å². The highest BCUT2D eigenvalue weighted by atomic mass is 16.8. The zero-order valence-electron chi connectivity index (χ0n) is 49.3. The first-order valence-electron chi connectivity index (χ1n) is 29.9. The average molecular weight is 1210 g/mol. The van der Waals surface area contributed by atoms with E-state index in [4.69, 9.17) is 52.1 Å². The van der Waals surface area contributed by atoms with Gasteiger partial charge in [-0.25, -0.2) is 4.79 Å². The molecule has 0 amide bonds. The number of methoxy groups -OCH3 is 1. The molecule has 5 saturated heterocycles. The predicted octanol–water partition coefficient (Wildman–Crippen LogP) is -2.11. The maximum atomic E-state index is 15.4. The standard InChI is InChI=1S/C58H92O26/c1-23-43(81-48-40(69)35(64)28(22-77-48)79-47-39(68)33(62)26(59)20-75-47)38(67)42(71)49(78-23)83-45-34(63)27(60)21-76-51(45)84-52(73)58-17-16-53(2,3)18-25(58)24-10-11-30-55(6)14-13-32(80-50-41(70)36(65)37(66)44(82-50)46(72)74-9)54(4,5)29(55)12-15-56(30,7)57(24,8)19-31(58)61/h10,23,25-45,47-51,59-71H,11-22H2,1-9H3. The average Bonchev–Trinajstić information content (AvgIpc) is 0.715. The van der Waals surface area contributed by atoms with Crippen molar-refractivity contribution < 1.29 is 128 Å². The molecule has 0 spiro atoms. The third-order valence-electron chi connectivity index (χ3n) is 22.5. The van der Waals surface area contributed by atoms with Gasteiger partial charge in [0.2, 0.25) is 6.29 Å². The molecule has 0 aromatic heterocycles. The number of hydrogen-bond donors (Lipinski definition) is 13. The van der Waals surface area contributed by atoms with Gasteiger partial charge in [-0.3, -0.25) is 4.79 Å². The van der Waals surface area contributed by atoms with E-state index in [1.54, 1.807) is 0 Å². The summed E-state index contributed by atoms with van der Waals surface area (Å²) in [5, 5.41) is 143. The minimum absolute atomic E-state index is 0.0939. The molecule has 84 heavy (non-hydrogen) atoms. The first-order valence-corrected chi connectivity index (χ1v) is 29.9. The first-order chi connectivity index (χ1) is 39.3. The zero-order valence-corrected chi connectivity index (χ0v) is 49.3. The number of carbonyl (C=O) groups is 2. The summed E-state index contributed by atoms with van der Waals surface area (Å²) in [6, 6.07) is 0. The highest BCUT2D eigenvalue weighted by molar-refractivity contribution is 5.80. The second kappa shape index (κ2) is 23.6. The molecule has 13 N–H and O–H groups in total. The largest absolute Gasteiger partial charge is 0.467 e. The molecule has 0 bridgehead atoms. The van der Waals surface area contributed by atoms with Crippen LogP contribution < -0.4 is 0 Å². The maximum Gasteiger partial charge on any atom is 0.337 e. The fourth-order valence-corrected chi connectivity index (χ4v) is 17.3. The third-order valence-corrected chi connectivity index (χ3v) is 22.5. The van der Waals surface area contributed by atoms with Gasteiger partial charge in [0.15, 0.2) is 37.4 Å². The van der Waals surface area contributed by atoms with Gasteiger partial charge in [-0.1, -0.05) is 60.1 Å². The molecule has 480 valence electrons. The van der Waals surface area contributed by atoms with Crippen LogP contribution in [-0.4, -0.2) is 253 Å². The zero-order chi connectivity index (χ0) is 61.3. The molecule has 0 radical (unpaired) electrons. The number of rotatable bonds is 11. The van der Waals surface area contributed by atoms with E-state index in [1.807, 2.05) is 0 Å². The van der Waals surface area contributed by atoms with E-state index < -0.39 is 195 Å². The highest BCUT2D eigenvalue weighted by Crippen LogP contribution is 2.76. The normalized spacial score (nSPS) is 53.6. The van der Waals surface area contributed by atoms with Crippen molar-refractivity contribution >= 4 is 11.9 Å². The summed E-state index contributed by atoms with van der Waals surface area (Å²) in [4.78, 5) is 28.0. The van der Waals surface area contributed by atoms with Crippen LogP contribution in [0.3, 0.4) is 0 Å². The van der Waals surface area contributed by atoms with Gasteiger partial charge in [-0.15, -0.1) is 0 Å². The summed E-state index contributed by atoms with van der Waals surface area (Å²) in [6.07, 6.45) is -29.9. The molecule has 10 rings (SSSR count). The van der Waals surface area contributed by atoms with Crippen LogP contribution >= 0.6 is 0 Å². The van der Waals surface area contributed by atoms with Crippen LogP contribution in [0.2, 0.25) is 0 Å². The Morgan fingerprint density at radius 2 is 1.15 bits per heavy atom. The maximum absolute atomic E-state index is 15.4. The van der Waals surface area contributed by atoms with Crippen molar-refractivity contribution in [2.45, 2.75) is 261 Å². The second-order valence-corrected chi connectivity index (χ2v) is 28.0. The van der Waals surface area contributed by atoms with Gasteiger partial charge in [-0.2, -0.15) is 0 Å². The molecule has 31 atom stereocenters. The van der Waals surface area contributed by atoms with E-state index in [9.17, 15) is 71.2 Å². The molecule has 5 aliphatic heterocycles. The van der Waals surface area contributed by atoms with Crippen LogP contribution in [0.5, 0.6) is 0 Å². The summed E-state index contributed by atoms with van der Waals surface area (Å²) < 4.78 is 63.8. The van der Waals surface area contributed by atoms with Crippen LogP contribution in [-0.2, 0) is 61.7 Å². The quantitative estimate of drug-likeness (QED) is 0.0598. The lowest BCUT2D eigenvalue weighted by Gasteiger charge is -2.71. The number of allylic oxidation sites excluding steroid dienone is 2. The molecule has 0 aromatic rings. The van der Waals surface area contributed by atoms with Gasteiger partial charge in [0.05, 0.1) is 45.2 Å². The monoisotopic (exact) mass is 1200 g/mol. The summed E-state index contributed by atoms with van der Waals surface area (Å²) in [5.41, 5.74) is -2.42. The number of aliphatic hydroxyl groups excluding tert-OH is 13. The number of aliphatic hydroxyl groups is 13. The van der Waals surface area contributed by atoms with E-state index in [1.165, 1.54) is 6.92 Å². The Morgan fingerprint density at radius 1 is 0.560 bits per heavy atom. The molecule has 10 aliphatic rings. The van der Waals surface area contributed by atoms with E-state index in [-0.39, 0.29) is 47.5 Å². The van der Waals surface area contributed by atoms with Gasteiger partial charge in [0, 0.05) is 0 Å². The Bertz CT molecular complexity index is 2400. The molecule has 0 aromatic carbocycles. The van der Waals surface area contributed by atoms with Crippen molar-refractivity contribution in [1.29, 1.82) is 0 Å². The van der Waals surface area contributed by atoms with Crippen molar-refractivity contribution in [2.75, 3.05) is 26.9 Å². The van der Waals surface area contributed by atoms with E-state index in [0.717, 1.165) is 31.9 Å². The minimum Gasteiger partial charge on any atom is -0.467 e. The van der Waals surface area contributed by atoms with Crippen LogP contribution in [0.25, 0.3) is 0 Å². The lowest BCUT2D eigenvalue weighted by molar-refractivity contribution is -0.373. The predicted molar refractivity (Wildman–Crippen MR) is 282 cm³/mol. The number of carbonyl (C=O) groups excluding carboxylic acids is 2. The molecule has 26 heteroatoms. The lowest BCUT2D eigenvalue weighted by Crippen LogP contribution is -2.68. The van der Waals surface area contributed by atoms with Crippen LogP contribution in [0.4, 0.5) is 0 Å². The molecule has 5 heterocycles. The molecule has 5 aliphatic carbocycles. The van der Waals surface area contributed by atoms with E-state index in [2.05, 4.69) is 54.5 Å². The summed E-state index contributed by atoms with van der Waals surface area (Å²) >= 11 is 0. The number of hydrogen-bond acceptors (Lipinski definition) is 26. The van der Waals surface area contributed by atoms with Gasteiger partial charge in [-0.05, 0) is 110 Å². The SMILES string of the molecule is COC(=O)C1OC(OC2CCC3(C)C(CCC4(C)C3CC=C3C5CC(C)(C)CCC5(C(=O)OC5OCC(O)C(O)C5OC5OC(C)C(OC6OCC(OC7OCC(O)C(O)C7O)C(O)C6O)C(O)C5O)C(O)CC34C)C2(C)C)C(O)C(O)C1O. The summed E-state index contributed by atoms with van der Waals surface area (Å²) in [7, 11) is 1.14. The molecule has 31 unspecified atom stereocenters. The lowest BCUT2D eigenvalue weighted by atomic mass is 9.33. The Morgan fingerprint density at radius 3 is 1.85 bits per heavy atom. The summed E-state index contributed by atoms with van der Waals surface area (Å²) in [6.45, 7) is 15.6. The fourth-order valence-electron chi connectivity index (χ4n) is 17.3. The van der Waals surface area contributed by atoms with Gasteiger partial charge in [0.25, 0.3) is 0 Å². The highest BCUT2D eigenvalue weighted by Gasteiger charge is 2.72. The van der Waals surface area contributed by atoms with Gasteiger partial charge in [0.1, 0.15) is 90.9 Å². The van der Waals surface area contributed by atoms with Crippen molar-refractivity contribution in [3.8, 4) is 0 Å². The molecular weight excluding hydrogens is 1110 g/mol. The number of ether oxygens (including phenoxy) is 11. The van der Waals surface area contributed by atoms with Gasteiger partial charge >= 0.3 is 11.9 Å². The van der Waals surface area contributed by atoms with E-state index in [0.29, 0.717) is 25.7 Å². The van der Waals surface area contributed by atoms with Crippen LogP contribution in [0.15, 0.2) is 11.6 Å². The number of esters is 2. The number of fused-ring (bicyclic) bond motifs is 7. The Hall–Kier alpha value is -2.20. The molecule has 4 saturated carbocycles. The topological polar surface area (TPSA) is 399 Å². The fraction of sp³-hybridized carbons (Fsp3) is 0.931. The summed E-state index contributed by atoms with van der Waals surface area (Å²) in [5.74, 6) is -1.99. The van der Waals surface area contributed by atoms with E-state index >= 15 is 4.79 Å². The minimum atomic E-state index is -1.95. The van der Waals surface area contributed by atoms with Crippen LogP contribution in [0, 0.1) is 50.2 Å². The Kier molecular flexibility index (Phi) is 18.2. The van der Waals surface area contributed by atoms with Crippen molar-refractivity contribution in [3.63, 3.8) is 0 Å². The van der Waals surface area contributed by atoms with Crippen molar-refractivity contribution in [1.82, 2.24) is 0 Å². The smallest absolute Gasteiger partial charge is 0.337 e. The van der Waals surface area contributed by atoms with Gasteiger partial charge < -0.3 is 118 Å². The Balaban J connectivity index is 0.833. The third kappa shape index (κ3) is 10.6. The van der Waals surface area contributed by atoms with Crippen molar-refractivity contribution in [2.24, 2.45) is 50.2 Å². The van der Waals surface area contributed by atoms with Crippen LogP contribution in [0.1, 0.15) is 113 Å². The second-order valence-electron chi connectivity index (χ2n) is 28.0. The van der Waals surface area contributed by atoms with Crippen molar-refractivity contribution in [3.05, 3.63) is 11.6 Å². The molecular formula is C58H92O26.